The molecule has 1 radical (unpaired) electrons. The van der Waals surface area contributed by atoms with Crippen molar-refractivity contribution in [3.05, 3.63) is 42.5 Å². The predicted molar refractivity (Wildman–Crippen MR) is 53.6 cm³/mol. The Bertz CT molecular complexity index is 486. The van der Waals surface area contributed by atoms with Gasteiger partial charge in [0.05, 0.1) is 5.69 Å². The molecule has 0 saturated heterocycles. The van der Waals surface area contributed by atoms with E-state index >= 15 is 0 Å². The molecule has 0 saturated carbocycles. The molecule has 0 bridgehead atoms. The SMILES string of the molecule is [NH]c1cccc2c1-c1ccccc1-2. The second-order valence-electron chi connectivity index (χ2n) is 3.27. The van der Waals surface area contributed by atoms with E-state index in [4.69, 9.17) is 5.73 Å². The Morgan fingerprint density at radius 2 is 1.38 bits per heavy atom. The summed E-state index contributed by atoms with van der Waals surface area (Å²) in [6.07, 6.45) is 0. The molecule has 0 unspecified atom stereocenters. The Hall–Kier alpha value is -1.76. The van der Waals surface area contributed by atoms with Crippen LogP contribution in [0.15, 0.2) is 42.5 Å². The molecule has 3 rings (SSSR count). The third kappa shape index (κ3) is 0.712. The molecule has 0 aromatic heterocycles. The van der Waals surface area contributed by atoms with Gasteiger partial charge >= 0.3 is 0 Å². The summed E-state index contributed by atoms with van der Waals surface area (Å²) >= 11 is 0. The molecule has 0 aliphatic heterocycles. The first-order valence-electron chi connectivity index (χ1n) is 4.32. The second kappa shape index (κ2) is 2.13. The molecule has 1 aliphatic carbocycles. The number of nitrogens with one attached hydrogen (secondary N) is 1. The average Bonchev–Trinajstić information content (AvgIpc) is 2.14. The molecule has 0 atom stereocenters. The van der Waals surface area contributed by atoms with E-state index < -0.39 is 0 Å². The fourth-order valence-electron chi connectivity index (χ4n) is 1.94. The summed E-state index contributed by atoms with van der Waals surface area (Å²) in [6, 6.07) is 14.1. The van der Waals surface area contributed by atoms with Crippen molar-refractivity contribution in [1.29, 1.82) is 0 Å². The van der Waals surface area contributed by atoms with Crippen LogP contribution in [0.5, 0.6) is 0 Å². The molecular weight excluding hydrogens is 158 g/mol. The fourth-order valence-corrected chi connectivity index (χ4v) is 1.94. The summed E-state index contributed by atoms with van der Waals surface area (Å²) < 4.78 is 0. The molecule has 1 aliphatic rings. The van der Waals surface area contributed by atoms with Crippen molar-refractivity contribution in [1.82, 2.24) is 5.73 Å². The molecule has 1 heteroatoms. The van der Waals surface area contributed by atoms with Crippen molar-refractivity contribution in [2.45, 2.75) is 0 Å². The normalized spacial score (nSPS) is 11.4. The van der Waals surface area contributed by atoms with Crippen LogP contribution in [0.25, 0.3) is 22.3 Å². The van der Waals surface area contributed by atoms with Crippen molar-refractivity contribution in [3.63, 3.8) is 0 Å². The van der Waals surface area contributed by atoms with Gasteiger partial charge in [0.1, 0.15) is 0 Å². The lowest BCUT2D eigenvalue weighted by molar-refractivity contribution is 1.43. The van der Waals surface area contributed by atoms with Crippen molar-refractivity contribution < 1.29 is 0 Å². The highest BCUT2D eigenvalue weighted by Crippen LogP contribution is 2.49. The predicted octanol–water partition coefficient (Wildman–Crippen LogP) is 3.25. The highest BCUT2D eigenvalue weighted by atomic mass is 14.6. The maximum atomic E-state index is 7.74. The van der Waals surface area contributed by atoms with Crippen molar-refractivity contribution in [2.75, 3.05) is 0 Å². The largest absolute Gasteiger partial charge is 0.300 e. The summed E-state index contributed by atoms with van der Waals surface area (Å²) in [5.74, 6) is 0. The lowest BCUT2D eigenvalue weighted by Crippen LogP contribution is -1.98. The molecule has 2 aromatic rings. The van der Waals surface area contributed by atoms with Crippen LogP contribution in [0, 0.1) is 0 Å². The van der Waals surface area contributed by atoms with E-state index in [1.807, 2.05) is 24.3 Å². The minimum Gasteiger partial charge on any atom is -0.300 e. The van der Waals surface area contributed by atoms with Gasteiger partial charge in [-0.25, -0.2) is 0 Å². The molecule has 0 heterocycles. The Kier molecular flexibility index (Phi) is 1.10. The van der Waals surface area contributed by atoms with E-state index in [2.05, 4.69) is 18.2 Å². The average molecular weight is 166 g/mol. The van der Waals surface area contributed by atoms with E-state index in [1.165, 1.54) is 16.7 Å². The van der Waals surface area contributed by atoms with Gasteiger partial charge < -0.3 is 5.73 Å². The van der Waals surface area contributed by atoms with Gasteiger partial charge in [-0.1, -0.05) is 36.4 Å². The first-order chi connectivity index (χ1) is 6.38. The van der Waals surface area contributed by atoms with Gasteiger partial charge in [0.15, 0.2) is 0 Å². The summed E-state index contributed by atoms with van der Waals surface area (Å²) in [6.45, 7) is 0. The maximum absolute atomic E-state index is 7.74. The summed E-state index contributed by atoms with van der Waals surface area (Å²) in [5, 5.41) is 0. The topological polar surface area (TPSA) is 23.8 Å². The first-order valence-corrected chi connectivity index (χ1v) is 4.32. The maximum Gasteiger partial charge on any atom is 0.0624 e. The van der Waals surface area contributed by atoms with E-state index in [0.717, 1.165) is 5.56 Å². The molecule has 2 aromatic carbocycles. The molecule has 0 spiro atoms. The smallest absolute Gasteiger partial charge is 0.0624 e. The van der Waals surface area contributed by atoms with Crippen LogP contribution in [-0.2, 0) is 0 Å². The van der Waals surface area contributed by atoms with E-state index in [0.29, 0.717) is 5.69 Å². The van der Waals surface area contributed by atoms with Crippen LogP contribution in [0.3, 0.4) is 0 Å². The number of rotatable bonds is 0. The summed E-state index contributed by atoms with van der Waals surface area (Å²) in [4.78, 5) is 0. The highest BCUT2D eigenvalue weighted by molar-refractivity contribution is 6.06. The van der Waals surface area contributed by atoms with E-state index in [-0.39, 0.29) is 0 Å². The van der Waals surface area contributed by atoms with Crippen LogP contribution in [0.2, 0.25) is 0 Å². The van der Waals surface area contributed by atoms with Crippen LogP contribution < -0.4 is 5.73 Å². The number of hydrogen-bond acceptors (Lipinski definition) is 0. The quantitative estimate of drug-likeness (QED) is 0.489. The van der Waals surface area contributed by atoms with Crippen molar-refractivity contribution in [2.24, 2.45) is 0 Å². The third-order valence-corrected chi connectivity index (χ3v) is 2.55. The Morgan fingerprint density at radius 3 is 2.23 bits per heavy atom. The van der Waals surface area contributed by atoms with Gasteiger partial charge in [-0.3, -0.25) is 0 Å². The number of fused-ring (bicyclic) bond motifs is 4. The van der Waals surface area contributed by atoms with Gasteiger partial charge in [-0.15, -0.1) is 0 Å². The van der Waals surface area contributed by atoms with Gasteiger partial charge in [0.25, 0.3) is 0 Å². The zero-order valence-electron chi connectivity index (χ0n) is 7.04. The molecular formula is C12H8N. The van der Waals surface area contributed by atoms with E-state index in [9.17, 15) is 0 Å². The van der Waals surface area contributed by atoms with Crippen LogP contribution in [0.4, 0.5) is 5.69 Å². The molecule has 0 fully saturated rings. The second-order valence-corrected chi connectivity index (χ2v) is 3.27. The van der Waals surface area contributed by atoms with Crippen LogP contribution in [-0.4, -0.2) is 0 Å². The zero-order chi connectivity index (χ0) is 8.84. The fraction of sp³-hybridized carbons (Fsp3) is 0. The van der Waals surface area contributed by atoms with Gasteiger partial charge in [0.2, 0.25) is 0 Å². The Labute approximate surface area is 76.8 Å². The Balaban J connectivity index is 2.35. The molecule has 1 N–H and O–H groups in total. The monoisotopic (exact) mass is 166 g/mol. The van der Waals surface area contributed by atoms with Crippen molar-refractivity contribution in [3.8, 4) is 22.3 Å². The lowest BCUT2D eigenvalue weighted by Gasteiger charge is -2.24. The summed E-state index contributed by atoms with van der Waals surface area (Å²) in [5.41, 5.74) is 13.2. The minimum atomic E-state index is 0.635. The minimum absolute atomic E-state index is 0.635. The molecule has 0 amide bonds. The molecule has 61 valence electrons. The standard InChI is InChI=1S/C12H8N/c13-11-7-3-6-10-8-4-1-2-5-9(8)12(10)11/h1-7,13H. The first kappa shape index (κ1) is 6.72. The zero-order valence-corrected chi connectivity index (χ0v) is 7.04. The van der Waals surface area contributed by atoms with E-state index in [1.54, 1.807) is 0 Å². The Morgan fingerprint density at radius 1 is 0.692 bits per heavy atom. The van der Waals surface area contributed by atoms with Crippen LogP contribution >= 0.6 is 0 Å². The number of benzene rings is 2. The number of hydrogen-bond donors (Lipinski definition) is 0. The molecule has 1 nitrogen and oxygen atoms in total. The van der Waals surface area contributed by atoms with Gasteiger partial charge in [-0.05, 0) is 22.8 Å². The van der Waals surface area contributed by atoms with Crippen LogP contribution in [0.1, 0.15) is 0 Å². The van der Waals surface area contributed by atoms with Crippen molar-refractivity contribution >= 4 is 5.69 Å². The summed E-state index contributed by atoms with van der Waals surface area (Å²) in [7, 11) is 0. The van der Waals surface area contributed by atoms with Gasteiger partial charge in [0, 0.05) is 5.56 Å². The molecule has 13 heavy (non-hydrogen) atoms. The van der Waals surface area contributed by atoms with Gasteiger partial charge in [-0.2, -0.15) is 0 Å². The highest BCUT2D eigenvalue weighted by Gasteiger charge is 2.23. The lowest BCUT2D eigenvalue weighted by atomic mass is 9.80. The third-order valence-electron chi connectivity index (χ3n) is 2.55.